The largest absolute Gasteiger partial charge is 0.366 e. The van der Waals surface area contributed by atoms with E-state index in [4.69, 9.17) is 0 Å². The van der Waals surface area contributed by atoms with Gasteiger partial charge in [-0.1, -0.05) is 18.2 Å². The first-order valence-corrected chi connectivity index (χ1v) is 8.77. The second-order valence-electron chi connectivity index (χ2n) is 6.39. The lowest BCUT2D eigenvalue weighted by atomic mass is 10.2. The Labute approximate surface area is 158 Å². The first-order valence-electron chi connectivity index (χ1n) is 8.77. The van der Waals surface area contributed by atoms with Gasteiger partial charge >= 0.3 is 0 Å². The summed E-state index contributed by atoms with van der Waals surface area (Å²) in [5.74, 6) is 0.932. The summed E-state index contributed by atoms with van der Waals surface area (Å²) in [4.78, 5) is 15.5. The molecule has 3 rings (SSSR count). The van der Waals surface area contributed by atoms with Crippen LogP contribution < -0.4 is 10.6 Å². The van der Waals surface area contributed by atoms with Crippen LogP contribution in [0.1, 0.15) is 5.56 Å². The van der Waals surface area contributed by atoms with E-state index < -0.39 is 0 Å². The summed E-state index contributed by atoms with van der Waals surface area (Å²) in [6.07, 6.45) is 1.73. The number of halogens is 1. The molecule has 0 saturated carbocycles. The SMILES string of the molecule is CN(C)CCNc1nc(NCc2cccc(F)c2)cc(-c2ccccn2)n1. The third kappa shape index (κ3) is 5.72. The van der Waals surface area contributed by atoms with Crippen molar-refractivity contribution in [1.29, 1.82) is 0 Å². The summed E-state index contributed by atoms with van der Waals surface area (Å²) >= 11 is 0. The standard InChI is InChI=1S/C20H23FN6/c1-27(2)11-10-23-20-25-18(17-8-3-4-9-22-17)13-19(26-20)24-14-15-6-5-7-16(21)12-15/h3-9,12-13H,10-11,14H2,1-2H3,(H2,23,24,25,26). The summed E-state index contributed by atoms with van der Waals surface area (Å²) in [5, 5.41) is 6.48. The molecule has 1 aromatic carbocycles. The van der Waals surface area contributed by atoms with E-state index in [0.717, 1.165) is 30.0 Å². The van der Waals surface area contributed by atoms with E-state index in [2.05, 4.69) is 30.5 Å². The summed E-state index contributed by atoms with van der Waals surface area (Å²) in [6, 6.07) is 14.0. The minimum Gasteiger partial charge on any atom is -0.366 e. The minimum absolute atomic E-state index is 0.253. The number of pyridine rings is 1. The topological polar surface area (TPSA) is 66.0 Å². The van der Waals surface area contributed by atoms with Crippen molar-refractivity contribution in [3.05, 3.63) is 66.1 Å². The summed E-state index contributed by atoms with van der Waals surface area (Å²) < 4.78 is 13.4. The Morgan fingerprint density at radius 3 is 2.59 bits per heavy atom. The van der Waals surface area contributed by atoms with Crippen LogP contribution in [-0.2, 0) is 6.54 Å². The molecule has 3 aromatic rings. The number of likely N-dealkylation sites (N-methyl/N-ethyl adjacent to an activating group) is 1. The molecule has 0 radical (unpaired) electrons. The molecule has 27 heavy (non-hydrogen) atoms. The monoisotopic (exact) mass is 366 g/mol. The molecule has 140 valence electrons. The number of nitrogens with one attached hydrogen (secondary N) is 2. The molecule has 6 nitrogen and oxygen atoms in total. The molecule has 2 aromatic heterocycles. The second-order valence-corrected chi connectivity index (χ2v) is 6.39. The highest BCUT2D eigenvalue weighted by Gasteiger charge is 2.08. The number of nitrogens with zero attached hydrogens (tertiary/aromatic N) is 4. The van der Waals surface area contributed by atoms with Gasteiger partial charge in [-0.2, -0.15) is 4.98 Å². The van der Waals surface area contributed by atoms with Crippen molar-refractivity contribution in [2.45, 2.75) is 6.54 Å². The molecule has 0 bridgehead atoms. The zero-order valence-corrected chi connectivity index (χ0v) is 15.5. The van der Waals surface area contributed by atoms with E-state index in [-0.39, 0.29) is 5.82 Å². The maximum absolute atomic E-state index is 13.4. The number of anilines is 2. The normalized spacial score (nSPS) is 10.8. The van der Waals surface area contributed by atoms with Crippen LogP contribution in [-0.4, -0.2) is 47.0 Å². The zero-order valence-electron chi connectivity index (χ0n) is 15.5. The number of aromatic nitrogens is 3. The van der Waals surface area contributed by atoms with Crippen LogP contribution in [0.3, 0.4) is 0 Å². The molecule has 0 atom stereocenters. The van der Waals surface area contributed by atoms with Gasteiger partial charge in [-0.05, 0) is 43.9 Å². The molecule has 7 heteroatoms. The molecule has 0 aliphatic carbocycles. The average Bonchev–Trinajstić information content (AvgIpc) is 2.67. The van der Waals surface area contributed by atoms with Crippen LogP contribution in [0.15, 0.2) is 54.7 Å². The van der Waals surface area contributed by atoms with E-state index >= 15 is 0 Å². The Hall–Kier alpha value is -3.06. The molecule has 2 heterocycles. The highest BCUT2D eigenvalue weighted by Crippen LogP contribution is 2.20. The molecular weight excluding hydrogens is 343 g/mol. The predicted molar refractivity (Wildman–Crippen MR) is 106 cm³/mol. The minimum atomic E-state index is -0.253. The highest BCUT2D eigenvalue weighted by molar-refractivity contribution is 5.61. The van der Waals surface area contributed by atoms with E-state index in [9.17, 15) is 4.39 Å². The van der Waals surface area contributed by atoms with Crippen molar-refractivity contribution >= 4 is 11.8 Å². The third-order valence-corrected chi connectivity index (χ3v) is 3.86. The average molecular weight is 366 g/mol. The van der Waals surface area contributed by atoms with Gasteiger partial charge in [0.1, 0.15) is 11.6 Å². The Bertz CT molecular complexity index is 869. The number of hydrogen-bond acceptors (Lipinski definition) is 6. The van der Waals surface area contributed by atoms with E-state index in [1.54, 1.807) is 12.3 Å². The van der Waals surface area contributed by atoms with Crippen LogP contribution in [0.25, 0.3) is 11.4 Å². The van der Waals surface area contributed by atoms with Crippen molar-refractivity contribution in [3.8, 4) is 11.4 Å². The van der Waals surface area contributed by atoms with Crippen LogP contribution in [0, 0.1) is 5.82 Å². The number of hydrogen-bond donors (Lipinski definition) is 2. The van der Waals surface area contributed by atoms with Crippen molar-refractivity contribution in [1.82, 2.24) is 19.9 Å². The highest BCUT2D eigenvalue weighted by atomic mass is 19.1. The van der Waals surface area contributed by atoms with Crippen LogP contribution in [0.2, 0.25) is 0 Å². The van der Waals surface area contributed by atoms with Gasteiger partial charge in [-0.25, -0.2) is 9.37 Å². The Kier molecular flexibility index (Phi) is 6.27. The molecule has 0 unspecified atom stereocenters. The molecule has 0 fully saturated rings. The second kappa shape index (κ2) is 9.05. The first-order chi connectivity index (χ1) is 13.1. The number of benzene rings is 1. The van der Waals surface area contributed by atoms with Gasteiger partial charge in [0, 0.05) is 31.9 Å². The lowest BCUT2D eigenvalue weighted by molar-refractivity contribution is 0.425. The van der Waals surface area contributed by atoms with Crippen molar-refractivity contribution in [2.24, 2.45) is 0 Å². The van der Waals surface area contributed by atoms with Gasteiger partial charge in [-0.3, -0.25) is 4.98 Å². The summed E-state index contributed by atoms with van der Waals surface area (Å²) in [5.41, 5.74) is 2.33. The predicted octanol–water partition coefficient (Wildman–Crippen LogP) is 3.26. The summed E-state index contributed by atoms with van der Waals surface area (Å²) in [6.45, 7) is 2.05. The molecule has 0 aliphatic heterocycles. The lowest BCUT2D eigenvalue weighted by Crippen LogP contribution is -2.21. The molecule has 0 saturated heterocycles. The quantitative estimate of drug-likeness (QED) is 0.638. The van der Waals surface area contributed by atoms with Gasteiger partial charge in [0.2, 0.25) is 5.95 Å². The zero-order chi connectivity index (χ0) is 19.1. The van der Waals surface area contributed by atoms with E-state index in [0.29, 0.717) is 18.3 Å². The van der Waals surface area contributed by atoms with E-state index in [1.807, 2.05) is 44.4 Å². The lowest BCUT2D eigenvalue weighted by Gasteiger charge is -2.13. The maximum atomic E-state index is 13.4. The fourth-order valence-electron chi connectivity index (χ4n) is 2.49. The third-order valence-electron chi connectivity index (χ3n) is 3.86. The molecule has 0 spiro atoms. The number of rotatable bonds is 8. The Morgan fingerprint density at radius 1 is 0.963 bits per heavy atom. The van der Waals surface area contributed by atoms with E-state index in [1.165, 1.54) is 12.1 Å². The van der Waals surface area contributed by atoms with Gasteiger partial charge in [0.05, 0.1) is 11.4 Å². The van der Waals surface area contributed by atoms with Crippen LogP contribution >= 0.6 is 0 Å². The fraction of sp³-hybridized carbons (Fsp3) is 0.250. The first kappa shape index (κ1) is 18.7. The molecule has 0 amide bonds. The van der Waals surface area contributed by atoms with Crippen molar-refractivity contribution in [2.75, 3.05) is 37.8 Å². The summed E-state index contributed by atoms with van der Waals surface area (Å²) in [7, 11) is 4.03. The Morgan fingerprint density at radius 2 is 1.85 bits per heavy atom. The maximum Gasteiger partial charge on any atom is 0.225 e. The molecular formula is C20H23FN6. The van der Waals surface area contributed by atoms with Gasteiger partial charge in [0.25, 0.3) is 0 Å². The fourth-order valence-corrected chi connectivity index (χ4v) is 2.49. The van der Waals surface area contributed by atoms with Crippen LogP contribution in [0.5, 0.6) is 0 Å². The molecule has 0 aliphatic rings. The smallest absolute Gasteiger partial charge is 0.225 e. The Balaban J connectivity index is 1.80. The molecule has 2 N–H and O–H groups in total. The van der Waals surface area contributed by atoms with Crippen LogP contribution in [0.4, 0.5) is 16.2 Å². The van der Waals surface area contributed by atoms with Crippen molar-refractivity contribution in [3.63, 3.8) is 0 Å². The van der Waals surface area contributed by atoms with Gasteiger partial charge in [0.15, 0.2) is 0 Å². The van der Waals surface area contributed by atoms with Crippen molar-refractivity contribution < 1.29 is 4.39 Å². The van der Waals surface area contributed by atoms with Gasteiger partial charge < -0.3 is 15.5 Å². The van der Waals surface area contributed by atoms with Gasteiger partial charge in [-0.15, -0.1) is 0 Å².